The SMILES string of the molecule is O=C(CCn1ccc(=O)[nH]c1=O)NCC#CCOc1ccccc1Cl. The van der Waals surface area contributed by atoms with Crippen molar-refractivity contribution in [1.29, 1.82) is 0 Å². The number of aryl methyl sites for hydroxylation is 1. The Labute approximate surface area is 148 Å². The van der Waals surface area contributed by atoms with Crippen molar-refractivity contribution in [3.05, 3.63) is 62.4 Å². The van der Waals surface area contributed by atoms with E-state index in [2.05, 4.69) is 22.1 Å². The van der Waals surface area contributed by atoms with E-state index < -0.39 is 11.2 Å². The number of para-hydroxylation sites is 1. The zero-order chi connectivity index (χ0) is 18.1. The van der Waals surface area contributed by atoms with E-state index in [-0.39, 0.29) is 32.0 Å². The van der Waals surface area contributed by atoms with Crippen LogP contribution in [0.4, 0.5) is 0 Å². The maximum atomic E-state index is 11.7. The average molecular weight is 362 g/mol. The molecule has 130 valence electrons. The van der Waals surface area contributed by atoms with Gasteiger partial charge in [0.15, 0.2) is 0 Å². The highest BCUT2D eigenvalue weighted by Gasteiger charge is 2.02. The summed E-state index contributed by atoms with van der Waals surface area (Å²) >= 11 is 5.94. The third-order valence-electron chi connectivity index (χ3n) is 3.11. The Hall–Kier alpha value is -2.98. The third-order valence-corrected chi connectivity index (χ3v) is 3.42. The maximum Gasteiger partial charge on any atom is 0.328 e. The molecule has 0 bridgehead atoms. The Bertz CT molecular complexity index is 908. The Balaban J connectivity index is 1.68. The normalized spacial score (nSPS) is 9.80. The molecular formula is C17H16ClN3O4. The van der Waals surface area contributed by atoms with Gasteiger partial charge < -0.3 is 14.6 Å². The quantitative estimate of drug-likeness (QED) is 0.743. The lowest BCUT2D eigenvalue weighted by molar-refractivity contribution is -0.121. The van der Waals surface area contributed by atoms with Crippen LogP contribution in [0.3, 0.4) is 0 Å². The molecule has 0 spiro atoms. The van der Waals surface area contributed by atoms with Crippen molar-refractivity contribution < 1.29 is 9.53 Å². The first-order valence-corrected chi connectivity index (χ1v) is 7.83. The molecule has 8 heteroatoms. The third kappa shape index (κ3) is 6.20. The van der Waals surface area contributed by atoms with Gasteiger partial charge in [-0.2, -0.15) is 0 Å². The van der Waals surface area contributed by atoms with Gasteiger partial charge in [-0.25, -0.2) is 4.79 Å². The largest absolute Gasteiger partial charge is 0.479 e. The minimum absolute atomic E-state index is 0.101. The van der Waals surface area contributed by atoms with Crippen LogP contribution in [-0.2, 0) is 11.3 Å². The number of ether oxygens (including phenoxy) is 1. The van der Waals surface area contributed by atoms with Gasteiger partial charge >= 0.3 is 5.69 Å². The Morgan fingerprint density at radius 1 is 1.24 bits per heavy atom. The van der Waals surface area contributed by atoms with Gasteiger partial charge in [-0.1, -0.05) is 35.6 Å². The van der Waals surface area contributed by atoms with Crippen LogP contribution in [0.5, 0.6) is 5.75 Å². The van der Waals surface area contributed by atoms with E-state index in [1.165, 1.54) is 16.8 Å². The van der Waals surface area contributed by atoms with Gasteiger partial charge in [0.1, 0.15) is 12.4 Å². The molecule has 25 heavy (non-hydrogen) atoms. The monoisotopic (exact) mass is 361 g/mol. The van der Waals surface area contributed by atoms with Gasteiger partial charge in [0.2, 0.25) is 5.91 Å². The van der Waals surface area contributed by atoms with E-state index in [0.717, 1.165) is 0 Å². The van der Waals surface area contributed by atoms with Crippen molar-refractivity contribution >= 4 is 17.5 Å². The molecule has 2 aromatic rings. The van der Waals surface area contributed by atoms with Crippen molar-refractivity contribution in [3.8, 4) is 17.6 Å². The van der Waals surface area contributed by atoms with Crippen molar-refractivity contribution in [2.45, 2.75) is 13.0 Å². The van der Waals surface area contributed by atoms with E-state index in [4.69, 9.17) is 16.3 Å². The topological polar surface area (TPSA) is 93.2 Å². The van der Waals surface area contributed by atoms with E-state index in [9.17, 15) is 14.4 Å². The number of carbonyl (C=O) groups is 1. The molecule has 0 unspecified atom stereocenters. The summed E-state index contributed by atoms with van der Waals surface area (Å²) in [5.41, 5.74) is -1.02. The molecule has 1 aromatic carbocycles. The highest BCUT2D eigenvalue weighted by molar-refractivity contribution is 6.32. The number of aromatic amines is 1. The molecule has 2 rings (SSSR count). The molecule has 0 aliphatic heterocycles. The van der Waals surface area contributed by atoms with Crippen LogP contribution in [-0.4, -0.2) is 28.6 Å². The van der Waals surface area contributed by atoms with Gasteiger partial charge in [-0.3, -0.25) is 14.6 Å². The highest BCUT2D eigenvalue weighted by Crippen LogP contribution is 2.22. The molecular weight excluding hydrogens is 346 g/mol. The number of halogens is 1. The first kappa shape index (κ1) is 18.4. The molecule has 7 nitrogen and oxygen atoms in total. The van der Waals surface area contributed by atoms with Gasteiger partial charge in [-0.05, 0) is 12.1 Å². The lowest BCUT2D eigenvalue weighted by Crippen LogP contribution is -2.31. The molecule has 0 aliphatic carbocycles. The number of H-pyrrole nitrogens is 1. The molecule has 1 aromatic heterocycles. The van der Waals surface area contributed by atoms with Crippen molar-refractivity contribution in [1.82, 2.24) is 14.9 Å². The lowest BCUT2D eigenvalue weighted by atomic mass is 10.3. The molecule has 1 amide bonds. The second-order valence-electron chi connectivity index (χ2n) is 4.90. The zero-order valence-electron chi connectivity index (χ0n) is 13.3. The maximum absolute atomic E-state index is 11.7. The van der Waals surface area contributed by atoms with Crippen molar-refractivity contribution in [3.63, 3.8) is 0 Å². The minimum Gasteiger partial charge on any atom is -0.479 e. The predicted molar refractivity (Wildman–Crippen MR) is 93.7 cm³/mol. The fraction of sp³-hybridized carbons (Fsp3) is 0.235. The molecule has 0 fully saturated rings. The Kier molecular flexibility index (Phi) is 6.87. The smallest absolute Gasteiger partial charge is 0.328 e. The Morgan fingerprint density at radius 3 is 2.80 bits per heavy atom. The Morgan fingerprint density at radius 2 is 2.04 bits per heavy atom. The number of nitrogens with one attached hydrogen (secondary N) is 2. The van der Waals surface area contributed by atoms with Crippen molar-refractivity contribution in [2.75, 3.05) is 13.2 Å². The summed E-state index contributed by atoms with van der Waals surface area (Å²) in [6, 6.07) is 8.30. The van der Waals surface area contributed by atoms with Crippen LogP contribution < -0.4 is 21.3 Å². The molecule has 1 heterocycles. The number of nitrogens with zero attached hydrogens (tertiary/aromatic N) is 1. The minimum atomic E-state index is -0.545. The molecule has 0 saturated carbocycles. The number of benzene rings is 1. The van der Waals surface area contributed by atoms with Gasteiger partial charge in [0.05, 0.1) is 11.6 Å². The molecule has 2 N–H and O–H groups in total. The van der Waals surface area contributed by atoms with Gasteiger partial charge in [0, 0.05) is 25.2 Å². The molecule has 0 atom stereocenters. The van der Waals surface area contributed by atoms with E-state index >= 15 is 0 Å². The summed E-state index contributed by atoms with van der Waals surface area (Å²) < 4.78 is 6.64. The van der Waals surface area contributed by atoms with Crippen LogP contribution in [0, 0.1) is 11.8 Å². The van der Waals surface area contributed by atoms with E-state index in [1.807, 2.05) is 6.07 Å². The molecule has 0 radical (unpaired) electrons. The number of hydrogen-bond acceptors (Lipinski definition) is 4. The standard InChI is InChI=1S/C17H16ClN3O4/c18-13-5-1-2-6-14(13)25-12-4-3-9-19-15(22)7-10-21-11-8-16(23)20-17(21)24/h1-2,5-6,8,11H,7,9-10,12H2,(H,19,22)(H,20,23,24). The van der Waals surface area contributed by atoms with Crippen LogP contribution in [0.25, 0.3) is 0 Å². The summed E-state index contributed by atoms with van der Waals surface area (Å²) in [5, 5.41) is 3.12. The number of rotatable bonds is 6. The fourth-order valence-corrected chi connectivity index (χ4v) is 2.05. The number of hydrogen-bond donors (Lipinski definition) is 2. The zero-order valence-corrected chi connectivity index (χ0v) is 14.0. The summed E-state index contributed by atoms with van der Waals surface area (Å²) in [6.45, 7) is 0.502. The summed E-state index contributed by atoms with van der Waals surface area (Å²) in [7, 11) is 0. The van der Waals surface area contributed by atoms with Crippen LogP contribution >= 0.6 is 11.6 Å². The fourth-order valence-electron chi connectivity index (χ4n) is 1.86. The highest BCUT2D eigenvalue weighted by atomic mass is 35.5. The lowest BCUT2D eigenvalue weighted by Gasteiger charge is -2.04. The van der Waals surface area contributed by atoms with Gasteiger partial charge in [0.25, 0.3) is 5.56 Å². The first-order valence-electron chi connectivity index (χ1n) is 7.46. The summed E-state index contributed by atoms with van der Waals surface area (Å²) in [6.07, 6.45) is 1.45. The second-order valence-corrected chi connectivity index (χ2v) is 5.31. The van der Waals surface area contributed by atoms with Gasteiger partial charge in [-0.15, -0.1) is 0 Å². The van der Waals surface area contributed by atoms with E-state index in [0.29, 0.717) is 10.8 Å². The number of carbonyl (C=O) groups excluding carboxylic acids is 1. The van der Waals surface area contributed by atoms with Crippen LogP contribution in [0.15, 0.2) is 46.1 Å². The van der Waals surface area contributed by atoms with E-state index in [1.54, 1.807) is 18.2 Å². The molecule has 0 saturated heterocycles. The molecule has 0 aliphatic rings. The van der Waals surface area contributed by atoms with Crippen molar-refractivity contribution in [2.24, 2.45) is 0 Å². The number of aromatic nitrogens is 2. The predicted octanol–water partition coefficient (Wildman–Crippen LogP) is 0.779. The van der Waals surface area contributed by atoms with Crippen LogP contribution in [0.2, 0.25) is 5.02 Å². The number of amides is 1. The first-order chi connectivity index (χ1) is 12.1. The summed E-state index contributed by atoms with van der Waals surface area (Å²) in [4.78, 5) is 36.2. The summed E-state index contributed by atoms with van der Waals surface area (Å²) in [5.74, 6) is 5.82. The average Bonchev–Trinajstić information content (AvgIpc) is 2.58. The second kappa shape index (κ2) is 9.35. The van der Waals surface area contributed by atoms with Crippen LogP contribution in [0.1, 0.15) is 6.42 Å².